The number of carbonyl (C=O) groups excluding carboxylic acids is 1. The summed E-state index contributed by atoms with van der Waals surface area (Å²) >= 11 is 0. The van der Waals surface area contributed by atoms with Gasteiger partial charge in [-0.15, -0.1) is 0 Å². The van der Waals surface area contributed by atoms with Gasteiger partial charge in [0, 0.05) is 11.8 Å². The first kappa shape index (κ1) is 7.91. The number of aliphatic imine (C=N–C) groups is 1. The van der Waals surface area contributed by atoms with Crippen LogP contribution in [0, 0.1) is 0 Å². The molecule has 1 heterocycles. The van der Waals surface area contributed by atoms with Gasteiger partial charge < -0.3 is 4.74 Å². The highest BCUT2D eigenvalue weighted by molar-refractivity contribution is 5.86. The minimum absolute atomic E-state index is 0.0272. The SMILES string of the molecule is O=CC1(F)N=Cc2ccccc2O1. The van der Waals surface area contributed by atoms with E-state index < -0.39 is 5.98 Å². The number of fused-ring (bicyclic) bond motifs is 1. The molecular formula is C9H6FNO2. The number of halogens is 1. The van der Waals surface area contributed by atoms with E-state index >= 15 is 0 Å². The molecule has 0 spiro atoms. The molecule has 1 aliphatic rings. The van der Waals surface area contributed by atoms with Gasteiger partial charge in [0.25, 0.3) is 0 Å². The summed E-state index contributed by atoms with van der Waals surface area (Å²) in [6, 6.07) is 6.78. The molecule has 0 saturated carbocycles. The average Bonchev–Trinajstić information content (AvgIpc) is 2.18. The van der Waals surface area contributed by atoms with E-state index in [0.29, 0.717) is 11.3 Å². The predicted molar refractivity (Wildman–Crippen MR) is 44.6 cm³/mol. The Kier molecular flexibility index (Phi) is 1.62. The molecule has 4 heteroatoms. The maximum atomic E-state index is 13.2. The van der Waals surface area contributed by atoms with Gasteiger partial charge in [-0.2, -0.15) is 4.39 Å². The fraction of sp³-hybridized carbons (Fsp3) is 0.111. The standard InChI is InChI=1S/C9H6FNO2/c10-9(6-12)11-5-7-3-1-2-4-8(7)13-9/h1-6H. The second kappa shape index (κ2) is 2.65. The minimum Gasteiger partial charge on any atom is -0.433 e. The average molecular weight is 179 g/mol. The van der Waals surface area contributed by atoms with Crippen LogP contribution in [0.1, 0.15) is 5.56 Å². The van der Waals surface area contributed by atoms with Crippen LogP contribution in [0.5, 0.6) is 5.75 Å². The smallest absolute Gasteiger partial charge is 0.407 e. The maximum Gasteiger partial charge on any atom is 0.407 e. The van der Waals surface area contributed by atoms with Crippen molar-refractivity contribution in [2.75, 3.05) is 0 Å². The lowest BCUT2D eigenvalue weighted by Gasteiger charge is -2.21. The third kappa shape index (κ3) is 1.30. The minimum atomic E-state index is -2.55. The molecule has 0 N–H and O–H groups in total. The highest BCUT2D eigenvalue weighted by Gasteiger charge is 2.33. The Morgan fingerprint density at radius 3 is 3.00 bits per heavy atom. The van der Waals surface area contributed by atoms with E-state index in [4.69, 9.17) is 4.74 Å². The molecule has 1 aromatic rings. The van der Waals surface area contributed by atoms with Crippen LogP contribution in [0.15, 0.2) is 29.3 Å². The first-order valence-corrected chi connectivity index (χ1v) is 3.72. The van der Waals surface area contributed by atoms with Crippen LogP contribution in [0.3, 0.4) is 0 Å². The van der Waals surface area contributed by atoms with Crippen LogP contribution in [-0.2, 0) is 4.79 Å². The van der Waals surface area contributed by atoms with E-state index in [2.05, 4.69) is 4.99 Å². The summed E-state index contributed by atoms with van der Waals surface area (Å²) in [7, 11) is 0. The van der Waals surface area contributed by atoms with Gasteiger partial charge in [0.15, 0.2) is 0 Å². The zero-order valence-electron chi connectivity index (χ0n) is 6.61. The third-order valence-corrected chi connectivity index (χ3v) is 1.70. The molecule has 1 aromatic carbocycles. The van der Waals surface area contributed by atoms with Gasteiger partial charge in [-0.25, -0.2) is 4.99 Å². The lowest BCUT2D eigenvalue weighted by molar-refractivity contribution is -0.136. The summed E-state index contributed by atoms with van der Waals surface area (Å²) in [5.41, 5.74) is 0.664. The Hall–Kier alpha value is -1.71. The molecule has 0 aliphatic carbocycles. The molecule has 0 aromatic heterocycles. The van der Waals surface area contributed by atoms with E-state index in [9.17, 15) is 9.18 Å². The molecule has 66 valence electrons. The van der Waals surface area contributed by atoms with Crippen molar-refractivity contribution >= 4 is 12.5 Å². The maximum absolute atomic E-state index is 13.2. The number of rotatable bonds is 1. The fourth-order valence-electron chi connectivity index (χ4n) is 1.07. The van der Waals surface area contributed by atoms with Gasteiger partial charge in [-0.3, -0.25) is 4.79 Å². The molecule has 1 atom stereocenters. The Balaban J connectivity index is 2.44. The molecule has 0 bridgehead atoms. The number of alkyl halides is 1. The number of carbonyl (C=O) groups is 1. The summed E-state index contributed by atoms with van der Waals surface area (Å²) in [4.78, 5) is 13.6. The van der Waals surface area contributed by atoms with Gasteiger partial charge in [-0.1, -0.05) is 12.1 Å². The summed E-state index contributed by atoms with van der Waals surface area (Å²) in [5.74, 6) is -2.22. The lowest BCUT2D eigenvalue weighted by Crippen LogP contribution is -2.32. The van der Waals surface area contributed by atoms with Crippen LogP contribution in [0.25, 0.3) is 0 Å². The van der Waals surface area contributed by atoms with Gasteiger partial charge >= 0.3 is 5.98 Å². The van der Waals surface area contributed by atoms with Crippen molar-refractivity contribution in [1.82, 2.24) is 0 Å². The van der Waals surface area contributed by atoms with Gasteiger partial charge in [-0.05, 0) is 12.1 Å². The molecule has 13 heavy (non-hydrogen) atoms. The molecule has 0 fully saturated rings. The molecule has 1 unspecified atom stereocenters. The molecule has 0 amide bonds. The number of benzene rings is 1. The molecule has 0 radical (unpaired) electrons. The Labute approximate surface area is 73.9 Å². The number of aldehydes is 1. The van der Waals surface area contributed by atoms with Crippen molar-refractivity contribution in [3.8, 4) is 5.75 Å². The largest absolute Gasteiger partial charge is 0.433 e. The zero-order chi connectivity index (χ0) is 9.31. The van der Waals surface area contributed by atoms with Crippen molar-refractivity contribution in [3.05, 3.63) is 29.8 Å². The second-order valence-corrected chi connectivity index (χ2v) is 2.62. The van der Waals surface area contributed by atoms with Crippen LogP contribution in [0.4, 0.5) is 4.39 Å². The Bertz CT molecular complexity index is 378. The Morgan fingerprint density at radius 2 is 2.23 bits per heavy atom. The van der Waals surface area contributed by atoms with E-state index in [0.717, 1.165) is 0 Å². The first-order valence-electron chi connectivity index (χ1n) is 3.72. The molecule has 2 rings (SSSR count). The van der Waals surface area contributed by atoms with Crippen molar-refractivity contribution in [2.45, 2.75) is 5.98 Å². The topological polar surface area (TPSA) is 38.7 Å². The van der Waals surface area contributed by atoms with E-state index in [1.807, 2.05) is 0 Å². The van der Waals surface area contributed by atoms with Crippen molar-refractivity contribution < 1.29 is 13.9 Å². The molecule has 0 saturated heterocycles. The highest BCUT2D eigenvalue weighted by Crippen LogP contribution is 2.26. The third-order valence-electron chi connectivity index (χ3n) is 1.70. The van der Waals surface area contributed by atoms with Gasteiger partial charge in [0.2, 0.25) is 6.29 Å². The summed E-state index contributed by atoms with van der Waals surface area (Å²) in [5, 5.41) is 0. The highest BCUT2D eigenvalue weighted by atomic mass is 19.2. The monoisotopic (exact) mass is 179 g/mol. The van der Waals surface area contributed by atoms with E-state index in [1.165, 1.54) is 6.21 Å². The lowest BCUT2D eigenvalue weighted by atomic mass is 10.2. The quantitative estimate of drug-likeness (QED) is 0.481. The van der Waals surface area contributed by atoms with E-state index in [-0.39, 0.29) is 6.29 Å². The number of para-hydroxylation sites is 1. The van der Waals surface area contributed by atoms with Crippen LogP contribution < -0.4 is 4.74 Å². The predicted octanol–water partition coefficient (Wildman–Crippen LogP) is 1.32. The van der Waals surface area contributed by atoms with Gasteiger partial charge in [0.05, 0.1) is 0 Å². The summed E-state index contributed by atoms with van der Waals surface area (Å²) in [6.07, 6.45) is 1.31. The summed E-state index contributed by atoms with van der Waals surface area (Å²) in [6.45, 7) is 0. The van der Waals surface area contributed by atoms with Crippen molar-refractivity contribution in [3.63, 3.8) is 0 Å². The normalized spacial score (nSPS) is 24.7. The number of hydrogen-bond donors (Lipinski definition) is 0. The fourth-order valence-corrected chi connectivity index (χ4v) is 1.07. The number of hydrogen-bond acceptors (Lipinski definition) is 3. The van der Waals surface area contributed by atoms with Gasteiger partial charge in [0.1, 0.15) is 5.75 Å². The van der Waals surface area contributed by atoms with Crippen LogP contribution >= 0.6 is 0 Å². The molecule has 3 nitrogen and oxygen atoms in total. The van der Waals surface area contributed by atoms with E-state index in [1.54, 1.807) is 24.3 Å². The van der Waals surface area contributed by atoms with Crippen LogP contribution in [0.2, 0.25) is 0 Å². The number of ether oxygens (including phenoxy) is 1. The first-order chi connectivity index (χ1) is 6.23. The van der Waals surface area contributed by atoms with Crippen LogP contribution in [-0.4, -0.2) is 18.5 Å². The van der Waals surface area contributed by atoms with Crippen molar-refractivity contribution in [2.24, 2.45) is 4.99 Å². The van der Waals surface area contributed by atoms with Crippen molar-refractivity contribution in [1.29, 1.82) is 0 Å². The number of nitrogens with zero attached hydrogens (tertiary/aromatic N) is 1. The Morgan fingerprint density at radius 1 is 1.46 bits per heavy atom. The zero-order valence-corrected chi connectivity index (χ0v) is 6.61. The molecular weight excluding hydrogens is 173 g/mol. The second-order valence-electron chi connectivity index (χ2n) is 2.62. The molecule has 1 aliphatic heterocycles. The summed E-state index contributed by atoms with van der Waals surface area (Å²) < 4.78 is 17.9.